The zero-order valence-corrected chi connectivity index (χ0v) is 21.2. The van der Waals surface area contributed by atoms with Crippen molar-refractivity contribution in [2.45, 2.75) is 66.1 Å². The second kappa shape index (κ2) is 10.5. The number of rotatable bonds is 9. The van der Waals surface area contributed by atoms with E-state index < -0.39 is 0 Å². The normalized spacial score (nSPS) is 11.8. The lowest BCUT2D eigenvalue weighted by molar-refractivity contribution is 0.101. The molecule has 2 nitrogen and oxygen atoms in total. The Labute approximate surface area is 195 Å². The van der Waals surface area contributed by atoms with Gasteiger partial charge in [-0.15, -0.1) is 0 Å². The van der Waals surface area contributed by atoms with E-state index >= 15 is 0 Å². The first-order chi connectivity index (χ1) is 15.3. The Morgan fingerprint density at radius 3 is 2.22 bits per heavy atom. The smallest absolute Gasteiger partial charge is 0.160 e. The van der Waals surface area contributed by atoms with Crippen molar-refractivity contribution in [3.63, 3.8) is 0 Å². The molecular formula is C29H35O2P. The highest BCUT2D eigenvalue weighted by atomic mass is 31.1. The number of benzene rings is 3. The van der Waals surface area contributed by atoms with Crippen LogP contribution in [0.15, 0.2) is 60.7 Å². The highest BCUT2D eigenvalue weighted by Gasteiger charge is 2.34. The Morgan fingerprint density at radius 2 is 1.59 bits per heavy atom. The Hall–Kier alpha value is -2.44. The average Bonchev–Trinajstić information content (AvgIpc) is 2.78. The maximum Gasteiger partial charge on any atom is 0.160 e. The number of ketones is 1. The van der Waals surface area contributed by atoms with Crippen molar-refractivity contribution in [3.05, 3.63) is 94.0 Å². The van der Waals surface area contributed by atoms with Gasteiger partial charge >= 0.3 is 0 Å². The largest absolute Gasteiger partial charge is 0.488 e. The monoisotopic (exact) mass is 446 g/mol. The average molecular weight is 447 g/mol. The molecule has 0 aliphatic carbocycles. The van der Waals surface area contributed by atoms with E-state index in [9.17, 15) is 4.79 Å². The minimum atomic E-state index is -0.0811. The number of ether oxygens (including phenoxy) is 1. The lowest BCUT2D eigenvalue weighted by Gasteiger charge is -2.35. The summed E-state index contributed by atoms with van der Waals surface area (Å²) in [5.74, 6) is 1.13. The van der Waals surface area contributed by atoms with Crippen LogP contribution >= 0.6 is 8.58 Å². The number of aryl methyl sites for hydroxylation is 3. The molecule has 0 radical (unpaired) electrons. The van der Waals surface area contributed by atoms with E-state index in [4.69, 9.17) is 4.74 Å². The number of hydrogen-bond donors (Lipinski definition) is 0. The molecule has 0 aliphatic rings. The number of hydrogen-bond acceptors (Lipinski definition) is 2. The lowest BCUT2D eigenvalue weighted by Crippen LogP contribution is -2.25. The van der Waals surface area contributed by atoms with Gasteiger partial charge in [-0.25, -0.2) is 0 Å². The van der Waals surface area contributed by atoms with Crippen LogP contribution in [0.4, 0.5) is 0 Å². The second-order valence-corrected chi connectivity index (χ2v) is 10.5. The number of carbonyl (C=O) groups excluding carboxylic acids is 1. The third-order valence-electron chi connectivity index (χ3n) is 6.30. The van der Waals surface area contributed by atoms with Gasteiger partial charge in [0, 0.05) is 16.3 Å². The third-order valence-corrected chi connectivity index (χ3v) is 8.46. The van der Waals surface area contributed by atoms with Crippen molar-refractivity contribution < 1.29 is 9.53 Å². The molecule has 0 heterocycles. The van der Waals surface area contributed by atoms with Crippen LogP contribution in [0.1, 0.15) is 71.8 Å². The molecule has 0 saturated carbocycles. The Kier molecular flexibility index (Phi) is 7.91. The quantitative estimate of drug-likeness (QED) is 0.253. The minimum Gasteiger partial charge on any atom is -0.488 e. The molecule has 3 rings (SSSR count). The molecule has 0 N–H and O–H groups in total. The predicted molar refractivity (Wildman–Crippen MR) is 138 cm³/mol. The molecule has 32 heavy (non-hydrogen) atoms. The molecule has 1 atom stereocenters. The maximum atomic E-state index is 12.4. The van der Waals surface area contributed by atoms with Crippen LogP contribution in [0.3, 0.4) is 0 Å². The first kappa shape index (κ1) is 24.2. The van der Waals surface area contributed by atoms with Crippen molar-refractivity contribution in [2.24, 2.45) is 0 Å². The summed E-state index contributed by atoms with van der Waals surface area (Å²) in [6.07, 6.45) is 1.97. The number of Topliss-reactive ketones (excluding diaryl/α,β-unsaturated/α-hetero) is 1. The van der Waals surface area contributed by atoms with Gasteiger partial charge in [0.15, 0.2) is 5.78 Å². The molecule has 0 spiro atoms. The van der Waals surface area contributed by atoms with E-state index in [0.717, 1.165) is 40.6 Å². The first-order valence-corrected chi connectivity index (χ1v) is 12.5. The molecule has 3 aromatic rings. The standard InChI is InChI=1S/C29H35O2P/c1-7-29(8-2,32-27-15-14-20(3)17-25(27)23(6)30)26-18-21(4)16-22(5)28(26)31-19-24-12-10-9-11-13-24/h9-18,32H,7-8,19H2,1-6H3. The van der Waals surface area contributed by atoms with Gasteiger partial charge in [-0.05, 0) is 63.0 Å². The van der Waals surface area contributed by atoms with Crippen LogP contribution in [0.5, 0.6) is 5.75 Å². The Morgan fingerprint density at radius 1 is 0.906 bits per heavy atom. The topological polar surface area (TPSA) is 26.3 Å². The van der Waals surface area contributed by atoms with Crippen LogP contribution in [-0.2, 0) is 11.8 Å². The van der Waals surface area contributed by atoms with Gasteiger partial charge in [0.25, 0.3) is 0 Å². The lowest BCUT2D eigenvalue weighted by atomic mass is 9.89. The van der Waals surface area contributed by atoms with Crippen molar-refractivity contribution in [3.8, 4) is 5.75 Å². The maximum absolute atomic E-state index is 12.4. The summed E-state index contributed by atoms with van der Waals surface area (Å²) in [4.78, 5) is 12.4. The molecule has 0 amide bonds. The fourth-order valence-corrected chi connectivity index (χ4v) is 6.16. The zero-order valence-electron chi connectivity index (χ0n) is 20.2. The minimum absolute atomic E-state index is 0.0811. The van der Waals surface area contributed by atoms with E-state index in [1.807, 2.05) is 31.2 Å². The van der Waals surface area contributed by atoms with Crippen molar-refractivity contribution in [2.75, 3.05) is 0 Å². The van der Waals surface area contributed by atoms with Gasteiger partial charge in [-0.2, -0.15) is 0 Å². The van der Waals surface area contributed by atoms with E-state index in [1.165, 1.54) is 16.7 Å². The van der Waals surface area contributed by atoms with Gasteiger partial charge < -0.3 is 4.74 Å². The van der Waals surface area contributed by atoms with Crippen LogP contribution in [-0.4, -0.2) is 5.78 Å². The van der Waals surface area contributed by atoms with Crippen molar-refractivity contribution in [1.82, 2.24) is 0 Å². The van der Waals surface area contributed by atoms with E-state index in [2.05, 4.69) is 64.1 Å². The fraction of sp³-hybridized carbons (Fsp3) is 0.345. The van der Waals surface area contributed by atoms with Gasteiger partial charge in [0.05, 0.1) is 0 Å². The fourth-order valence-electron chi connectivity index (χ4n) is 4.42. The SMILES string of the molecule is CCC(CC)(Pc1ccc(C)cc1C(C)=O)c1cc(C)cc(C)c1OCc1ccccc1. The summed E-state index contributed by atoms with van der Waals surface area (Å²) in [6, 6.07) is 21.1. The van der Waals surface area contributed by atoms with Gasteiger partial charge in [-0.3, -0.25) is 4.79 Å². The predicted octanol–water partition coefficient (Wildman–Crippen LogP) is 7.41. The highest BCUT2D eigenvalue weighted by Crippen LogP contribution is 2.51. The molecule has 0 aliphatic heterocycles. The second-order valence-electron chi connectivity index (χ2n) is 8.75. The molecule has 1 unspecified atom stereocenters. The van der Waals surface area contributed by atoms with Crippen LogP contribution < -0.4 is 10.0 Å². The Bertz CT molecular complexity index is 1080. The molecule has 0 fully saturated rings. The van der Waals surface area contributed by atoms with E-state index in [1.54, 1.807) is 6.92 Å². The van der Waals surface area contributed by atoms with Crippen LogP contribution in [0.2, 0.25) is 0 Å². The molecule has 0 aromatic heterocycles. The molecular weight excluding hydrogens is 411 g/mol. The van der Waals surface area contributed by atoms with Crippen LogP contribution in [0.25, 0.3) is 0 Å². The molecule has 0 bridgehead atoms. The van der Waals surface area contributed by atoms with Gasteiger partial charge in [0.2, 0.25) is 0 Å². The van der Waals surface area contributed by atoms with Crippen molar-refractivity contribution >= 4 is 19.7 Å². The van der Waals surface area contributed by atoms with Gasteiger partial charge in [-0.1, -0.05) is 88.2 Å². The van der Waals surface area contributed by atoms with E-state index in [0.29, 0.717) is 15.2 Å². The first-order valence-electron chi connectivity index (χ1n) is 11.5. The summed E-state index contributed by atoms with van der Waals surface area (Å²) in [5.41, 5.74) is 6.83. The molecule has 168 valence electrons. The summed E-state index contributed by atoms with van der Waals surface area (Å²) in [5, 5.41) is 1.07. The van der Waals surface area contributed by atoms with Crippen LogP contribution in [0, 0.1) is 20.8 Å². The summed E-state index contributed by atoms with van der Waals surface area (Å²) >= 11 is 0. The van der Waals surface area contributed by atoms with Crippen molar-refractivity contribution in [1.29, 1.82) is 0 Å². The number of carbonyl (C=O) groups is 1. The Balaban J connectivity index is 2.08. The highest BCUT2D eigenvalue weighted by molar-refractivity contribution is 7.48. The summed E-state index contributed by atoms with van der Waals surface area (Å²) < 4.78 is 6.49. The zero-order chi connectivity index (χ0) is 23.3. The molecule has 0 saturated heterocycles. The van der Waals surface area contributed by atoms with E-state index in [-0.39, 0.29) is 10.9 Å². The third kappa shape index (κ3) is 5.30. The molecule has 3 aromatic carbocycles. The van der Waals surface area contributed by atoms with Gasteiger partial charge in [0.1, 0.15) is 12.4 Å². The summed E-state index contributed by atoms with van der Waals surface area (Å²) in [7, 11) is 0.491. The summed E-state index contributed by atoms with van der Waals surface area (Å²) in [6.45, 7) is 13.1. The molecule has 3 heteroatoms.